The Labute approximate surface area is 149 Å². The number of carboxylic acid groups (broad SMARTS) is 1. The molecule has 1 aromatic heterocycles. The van der Waals surface area contributed by atoms with Crippen LogP contribution in [0.5, 0.6) is 0 Å². The molecule has 3 rings (SSSR count). The first-order valence-electron chi connectivity index (χ1n) is 8.31. The number of carbonyl (C=O) groups excluding carboxylic acids is 1. The highest BCUT2D eigenvalue weighted by atomic mass is 19.4. The smallest absolute Gasteiger partial charge is 0.475 e. The van der Waals surface area contributed by atoms with Crippen LogP contribution in [0.2, 0.25) is 0 Å². The lowest BCUT2D eigenvalue weighted by atomic mass is 9.77. The van der Waals surface area contributed by atoms with Crippen LogP contribution in [0.25, 0.3) is 0 Å². The molecule has 144 valence electrons. The molecule has 2 fully saturated rings. The van der Waals surface area contributed by atoms with Crippen LogP contribution in [-0.4, -0.2) is 64.6 Å². The number of hydrogen-bond donors (Lipinski definition) is 1. The number of pyridine rings is 1. The molecule has 3 heterocycles. The average molecular weight is 373 g/mol. The van der Waals surface area contributed by atoms with Gasteiger partial charge in [-0.05, 0) is 44.0 Å². The van der Waals surface area contributed by atoms with E-state index in [4.69, 9.17) is 9.90 Å². The summed E-state index contributed by atoms with van der Waals surface area (Å²) in [6.45, 7) is 3.93. The number of likely N-dealkylation sites (tertiary alicyclic amines) is 2. The van der Waals surface area contributed by atoms with E-state index in [1.807, 2.05) is 30.4 Å². The number of piperidine rings is 1. The number of carboxylic acids is 1. The summed E-state index contributed by atoms with van der Waals surface area (Å²) in [6, 6.07) is 4.10. The SMILES string of the molecule is CN1CCC2(CCN(Cc3cccnc3)CC2)C1=O.O=C(O)C(F)(F)F. The molecule has 0 radical (unpaired) electrons. The predicted octanol–water partition coefficient (Wildman–Crippen LogP) is 2.16. The van der Waals surface area contributed by atoms with E-state index < -0.39 is 12.1 Å². The molecule has 2 aliphatic heterocycles. The molecular formula is C17H22F3N3O3. The number of halogens is 3. The van der Waals surface area contributed by atoms with E-state index in [0.717, 1.165) is 45.4 Å². The molecule has 6 nitrogen and oxygen atoms in total. The molecular weight excluding hydrogens is 351 g/mol. The zero-order valence-electron chi connectivity index (χ0n) is 14.5. The number of aromatic nitrogens is 1. The molecule has 0 unspecified atom stereocenters. The second-order valence-electron chi connectivity index (χ2n) is 6.70. The first-order chi connectivity index (χ1) is 12.1. The van der Waals surface area contributed by atoms with E-state index in [1.165, 1.54) is 5.56 Å². The third-order valence-corrected chi connectivity index (χ3v) is 4.91. The maximum Gasteiger partial charge on any atom is 0.490 e. The Morgan fingerprint density at radius 2 is 1.85 bits per heavy atom. The van der Waals surface area contributed by atoms with Gasteiger partial charge in [-0.25, -0.2) is 4.79 Å². The lowest BCUT2D eigenvalue weighted by molar-refractivity contribution is -0.192. The molecule has 1 spiro atoms. The number of aliphatic carboxylic acids is 1. The van der Waals surface area contributed by atoms with Crippen molar-refractivity contribution in [2.24, 2.45) is 5.41 Å². The Morgan fingerprint density at radius 3 is 2.27 bits per heavy atom. The molecule has 0 saturated carbocycles. The quantitative estimate of drug-likeness (QED) is 0.860. The summed E-state index contributed by atoms with van der Waals surface area (Å²) in [4.78, 5) is 29.6. The average Bonchev–Trinajstić information content (AvgIpc) is 2.87. The zero-order valence-corrected chi connectivity index (χ0v) is 14.5. The maximum atomic E-state index is 12.2. The summed E-state index contributed by atoms with van der Waals surface area (Å²) in [6.07, 6.45) is 1.72. The van der Waals surface area contributed by atoms with Crippen LogP contribution in [0.1, 0.15) is 24.8 Å². The molecule has 1 N–H and O–H groups in total. The standard InChI is InChI=1S/C15H21N3O.C2HF3O2/c1-17-8-4-15(14(17)19)5-9-18(10-6-15)12-13-3-2-7-16-11-13;3-2(4,5)1(6)7/h2-3,7,11H,4-6,8-10,12H2,1H3;(H,6,7). The molecule has 0 atom stereocenters. The lowest BCUT2D eigenvalue weighted by Crippen LogP contribution is -2.43. The van der Waals surface area contributed by atoms with Gasteiger partial charge >= 0.3 is 12.1 Å². The minimum Gasteiger partial charge on any atom is -0.475 e. The van der Waals surface area contributed by atoms with E-state index in [0.29, 0.717) is 5.91 Å². The summed E-state index contributed by atoms with van der Waals surface area (Å²) in [5.74, 6) is -2.39. The van der Waals surface area contributed by atoms with Crippen LogP contribution < -0.4 is 0 Å². The van der Waals surface area contributed by atoms with Crippen molar-refractivity contribution in [3.63, 3.8) is 0 Å². The first kappa shape index (κ1) is 20.2. The summed E-state index contributed by atoms with van der Waals surface area (Å²) in [5, 5.41) is 7.12. The van der Waals surface area contributed by atoms with Gasteiger partial charge in [0, 0.05) is 32.5 Å². The van der Waals surface area contributed by atoms with Gasteiger partial charge in [0.1, 0.15) is 0 Å². The predicted molar refractivity (Wildman–Crippen MR) is 87.1 cm³/mol. The molecule has 26 heavy (non-hydrogen) atoms. The van der Waals surface area contributed by atoms with Crippen LogP contribution in [0.4, 0.5) is 13.2 Å². The van der Waals surface area contributed by atoms with Crippen LogP contribution in [0.3, 0.4) is 0 Å². The van der Waals surface area contributed by atoms with Crippen molar-refractivity contribution < 1.29 is 27.9 Å². The monoisotopic (exact) mass is 373 g/mol. The summed E-state index contributed by atoms with van der Waals surface area (Å²) in [5.41, 5.74) is 1.22. The van der Waals surface area contributed by atoms with E-state index in [-0.39, 0.29) is 5.41 Å². The first-order valence-corrected chi connectivity index (χ1v) is 8.31. The topological polar surface area (TPSA) is 73.7 Å². The van der Waals surface area contributed by atoms with Crippen LogP contribution in [0, 0.1) is 5.41 Å². The van der Waals surface area contributed by atoms with Crippen molar-refractivity contribution >= 4 is 11.9 Å². The van der Waals surface area contributed by atoms with Crippen molar-refractivity contribution in [1.29, 1.82) is 0 Å². The second kappa shape index (κ2) is 8.03. The highest BCUT2D eigenvalue weighted by Gasteiger charge is 2.46. The number of carbonyl (C=O) groups is 2. The third-order valence-electron chi connectivity index (χ3n) is 4.91. The van der Waals surface area contributed by atoms with Crippen molar-refractivity contribution in [2.45, 2.75) is 32.0 Å². The maximum absolute atomic E-state index is 12.2. The molecule has 1 aromatic rings. The summed E-state index contributed by atoms with van der Waals surface area (Å²) >= 11 is 0. The Bertz CT molecular complexity index is 629. The second-order valence-corrected chi connectivity index (χ2v) is 6.70. The van der Waals surface area contributed by atoms with Gasteiger partial charge in [0.2, 0.25) is 5.91 Å². The third kappa shape index (κ3) is 4.94. The number of amides is 1. The van der Waals surface area contributed by atoms with Gasteiger partial charge in [-0.15, -0.1) is 0 Å². The largest absolute Gasteiger partial charge is 0.490 e. The van der Waals surface area contributed by atoms with Crippen LogP contribution in [0.15, 0.2) is 24.5 Å². The number of nitrogens with zero attached hydrogens (tertiary/aromatic N) is 3. The number of rotatable bonds is 2. The van der Waals surface area contributed by atoms with Gasteiger partial charge in [-0.1, -0.05) is 6.07 Å². The Kier molecular flexibility index (Phi) is 6.22. The highest BCUT2D eigenvalue weighted by Crippen LogP contribution is 2.41. The minimum atomic E-state index is -5.08. The number of alkyl halides is 3. The van der Waals surface area contributed by atoms with Gasteiger partial charge in [0.15, 0.2) is 0 Å². The minimum absolute atomic E-state index is 0.0415. The molecule has 0 bridgehead atoms. The van der Waals surface area contributed by atoms with E-state index in [1.54, 1.807) is 0 Å². The fourth-order valence-corrected chi connectivity index (χ4v) is 3.35. The molecule has 9 heteroatoms. The van der Waals surface area contributed by atoms with Gasteiger partial charge in [0.25, 0.3) is 0 Å². The normalized spacial score (nSPS) is 20.0. The van der Waals surface area contributed by atoms with Gasteiger partial charge in [0.05, 0.1) is 5.41 Å². The van der Waals surface area contributed by atoms with Crippen molar-refractivity contribution in [1.82, 2.24) is 14.8 Å². The zero-order chi connectivity index (χ0) is 19.4. The van der Waals surface area contributed by atoms with E-state index >= 15 is 0 Å². The van der Waals surface area contributed by atoms with Crippen molar-refractivity contribution in [3.05, 3.63) is 30.1 Å². The number of hydrogen-bond acceptors (Lipinski definition) is 4. The van der Waals surface area contributed by atoms with Crippen LogP contribution >= 0.6 is 0 Å². The molecule has 2 aliphatic rings. The van der Waals surface area contributed by atoms with Crippen molar-refractivity contribution in [2.75, 3.05) is 26.7 Å². The molecule has 2 saturated heterocycles. The van der Waals surface area contributed by atoms with E-state index in [9.17, 15) is 18.0 Å². The summed E-state index contributed by atoms with van der Waals surface area (Å²) < 4.78 is 31.7. The Balaban J connectivity index is 0.000000298. The fourth-order valence-electron chi connectivity index (χ4n) is 3.35. The molecule has 1 amide bonds. The fraction of sp³-hybridized carbons (Fsp3) is 0.588. The van der Waals surface area contributed by atoms with Gasteiger partial charge in [-0.3, -0.25) is 14.7 Å². The van der Waals surface area contributed by atoms with Gasteiger partial charge < -0.3 is 10.0 Å². The lowest BCUT2D eigenvalue weighted by Gasteiger charge is -2.37. The molecule has 0 aromatic carbocycles. The highest BCUT2D eigenvalue weighted by molar-refractivity contribution is 5.84. The molecule has 0 aliphatic carbocycles. The Morgan fingerprint density at radius 1 is 1.27 bits per heavy atom. The Hall–Kier alpha value is -2.16. The van der Waals surface area contributed by atoms with Gasteiger partial charge in [-0.2, -0.15) is 13.2 Å². The van der Waals surface area contributed by atoms with E-state index in [2.05, 4.69) is 16.0 Å². The van der Waals surface area contributed by atoms with Crippen molar-refractivity contribution in [3.8, 4) is 0 Å². The van der Waals surface area contributed by atoms with Crippen LogP contribution in [-0.2, 0) is 16.1 Å². The summed E-state index contributed by atoms with van der Waals surface area (Å²) in [7, 11) is 1.93.